The highest BCUT2D eigenvalue weighted by Gasteiger charge is 2.23. The standard InChI is InChI=1S/C40H44N2O5/c1-46-40(45)37(41-36-20-12-11-19-35(36)39(44)32-15-7-3-8-16-32)29-31-21-24-34(25-22-31)47-28-27-42(33-17-9-4-10-18-33)38(43)26-23-30-13-5-2-6-14-30/h3-4,7-12,15-22,24-25,30,37,41H,2,5-6,13-14,23,26-29H2,1H3. The number of para-hydroxylation sites is 2. The van der Waals surface area contributed by atoms with Gasteiger partial charge in [0.15, 0.2) is 5.78 Å². The van der Waals surface area contributed by atoms with Crippen LogP contribution in [0.3, 0.4) is 0 Å². The zero-order valence-electron chi connectivity index (χ0n) is 27.1. The topological polar surface area (TPSA) is 84.9 Å². The van der Waals surface area contributed by atoms with Gasteiger partial charge in [-0.2, -0.15) is 0 Å². The molecule has 0 saturated heterocycles. The number of carbonyl (C=O) groups excluding carboxylic acids is 3. The van der Waals surface area contributed by atoms with Gasteiger partial charge in [-0.3, -0.25) is 9.59 Å². The number of rotatable bonds is 15. The molecule has 1 fully saturated rings. The van der Waals surface area contributed by atoms with Crippen molar-refractivity contribution in [1.82, 2.24) is 0 Å². The van der Waals surface area contributed by atoms with Gasteiger partial charge in [0.05, 0.1) is 13.7 Å². The van der Waals surface area contributed by atoms with E-state index in [2.05, 4.69) is 5.32 Å². The van der Waals surface area contributed by atoms with E-state index in [1.165, 1.54) is 39.2 Å². The molecule has 1 amide bonds. The van der Waals surface area contributed by atoms with Crippen LogP contribution in [0, 0.1) is 5.92 Å². The Balaban J connectivity index is 1.19. The highest BCUT2D eigenvalue weighted by molar-refractivity contribution is 6.12. The largest absolute Gasteiger partial charge is 0.492 e. The first-order chi connectivity index (χ1) is 23.0. The molecule has 1 atom stereocenters. The summed E-state index contributed by atoms with van der Waals surface area (Å²) in [6, 6.07) is 32.9. The van der Waals surface area contributed by atoms with Crippen molar-refractivity contribution >= 4 is 29.0 Å². The number of carbonyl (C=O) groups is 3. The maximum atomic E-state index is 13.3. The van der Waals surface area contributed by atoms with E-state index in [0.717, 1.165) is 17.7 Å². The van der Waals surface area contributed by atoms with Gasteiger partial charge in [-0.05, 0) is 54.3 Å². The highest BCUT2D eigenvalue weighted by Crippen LogP contribution is 2.28. The predicted molar refractivity (Wildman–Crippen MR) is 186 cm³/mol. The number of esters is 1. The first-order valence-corrected chi connectivity index (χ1v) is 16.6. The molecule has 0 heterocycles. The van der Waals surface area contributed by atoms with Gasteiger partial charge in [-0.1, -0.05) is 105 Å². The van der Waals surface area contributed by atoms with Crippen LogP contribution in [0.2, 0.25) is 0 Å². The van der Waals surface area contributed by atoms with Gasteiger partial charge in [-0.15, -0.1) is 0 Å². The molecule has 0 bridgehead atoms. The van der Waals surface area contributed by atoms with Crippen LogP contribution in [0.25, 0.3) is 0 Å². The Bertz CT molecular complexity index is 1580. The van der Waals surface area contributed by atoms with Gasteiger partial charge >= 0.3 is 5.97 Å². The van der Waals surface area contributed by atoms with Gasteiger partial charge in [0, 0.05) is 35.3 Å². The molecule has 244 valence electrons. The van der Waals surface area contributed by atoms with Crippen molar-refractivity contribution in [3.63, 3.8) is 0 Å². The summed E-state index contributed by atoms with van der Waals surface area (Å²) in [5.41, 5.74) is 3.40. The maximum absolute atomic E-state index is 13.3. The van der Waals surface area contributed by atoms with Crippen molar-refractivity contribution in [1.29, 1.82) is 0 Å². The first kappa shape index (κ1) is 33.5. The minimum absolute atomic E-state index is 0.129. The van der Waals surface area contributed by atoms with E-state index in [1.54, 1.807) is 30.3 Å². The number of hydrogen-bond donors (Lipinski definition) is 1. The molecule has 7 heteroatoms. The zero-order valence-corrected chi connectivity index (χ0v) is 27.1. The maximum Gasteiger partial charge on any atom is 0.328 e. The van der Waals surface area contributed by atoms with Crippen molar-refractivity contribution in [3.8, 4) is 5.75 Å². The van der Waals surface area contributed by atoms with Crippen molar-refractivity contribution in [3.05, 3.63) is 126 Å². The Morgan fingerprint density at radius 2 is 1.47 bits per heavy atom. The Morgan fingerprint density at radius 1 is 0.809 bits per heavy atom. The second kappa shape index (κ2) is 17.1. The number of ether oxygens (including phenoxy) is 2. The molecule has 0 aromatic heterocycles. The number of hydrogen-bond acceptors (Lipinski definition) is 6. The van der Waals surface area contributed by atoms with Crippen LogP contribution in [-0.2, 0) is 20.7 Å². The Morgan fingerprint density at radius 3 is 2.17 bits per heavy atom. The Hall–Kier alpha value is -4.91. The van der Waals surface area contributed by atoms with Crippen LogP contribution in [0.5, 0.6) is 5.75 Å². The summed E-state index contributed by atoms with van der Waals surface area (Å²) in [4.78, 5) is 41.2. The molecular formula is C40H44N2O5. The first-order valence-electron chi connectivity index (χ1n) is 16.6. The van der Waals surface area contributed by atoms with Gasteiger partial charge in [0.25, 0.3) is 0 Å². The summed E-state index contributed by atoms with van der Waals surface area (Å²) in [6.45, 7) is 0.798. The molecule has 5 rings (SSSR count). The van der Waals surface area contributed by atoms with Crippen LogP contribution in [0.1, 0.15) is 66.4 Å². The molecule has 0 spiro atoms. The zero-order chi connectivity index (χ0) is 32.8. The fourth-order valence-electron chi connectivity index (χ4n) is 6.23. The van der Waals surface area contributed by atoms with Gasteiger partial charge in [0.1, 0.15) is 18.4 Å². The molecule has 7 nitrogen and oxygen atoms in total. The second-order valence-electron chi connectivity index (χ2n) is 12.1. The van der Waals surface area contributed by atoms with Crippen LogP contribution in [0.4, 0.5) is 11.4 Å². The van der Waals surface area contributed by atoms with Crippen LogP contribution >= 0.6 is 0 Å². The third kappa shape index (κ3) is 9.55. The van der Waals surface area contributed by atoms with E-state index >= 15 is 0 Å². The quantitative estimate of drug-likeness (QED) is 0.106. The molecule has 4 aromatic rings. The molecule has 1 unspecified atom stereocenters. The van der Waals surface area contributed by atoms with E-state index in [0.29, 0.717) is 54.5 Å². The lowest BCUT2D eigenvalue weighted by Gasteiger charge is -2.25. The Labute approximate surface area is 277 Å². The number of benzene rings is 4. The second-order valence-corrected chi connectivity index (χ2v) is 12.1. The monoisotopic (exact) mass is 632 g/mol. The summed E-state index contributed by atoms with van der Waals surface area (Å²) in [6.07, 6.45) is 8.17. The Kier molecular flexibility index (Phi) is 12.2. The molecular weight excluding hydrogens is 588 g/mol. The van der Waals surface area contributed by atoms with Crippen LogP contribution < -0.4 is 15.0 Å². The number of nitrogens with one attached hydrogen (secondary N) is 1. The van der Waals surface area contributed by atoms with Crippen molar-refractivity contribution in [2.24, 2.45) is 5.92 Å². The van der Waals surface area contributed by atoms with Crippen LogP contribution in [0.15, 0.2) is 109 Å². The lowest BCUT2D eigenvalue weighted by Crippen LogP contribution is -2.35. The van der Waals surface area contributed by atoms with E-state index in [1.807, 2.05) is 83.8 Å². The normalized spacial score (nSPS) is 13.7. The molecule has 0 aliphatic heterocycles. The smallest absolute Gasteiger partial charge is 0.328 e. The highest BCUT2D eigenvalue weighted by atomic mass is 16.5. The molecule has 0 radical (unpaired) electrons. The predicted octanol–water partition coefficient (Wildman–Crippen LogP) is 7.89. The van der Waals surface area contributed by atoms with Crippen molar-refractivity contribution in [2.45, 2.75) is 57.4 Å². The third-order valence-corrected chi connectivity index (χ3v) is 8.83. The third-order valence-electron chi connectivity index (χ3n) is 8.83. The van der Waals surface area contributed by atoms with Crippen LogP contribution in [-0.4, -0.2) is 44.0 Å². The van der Waals surface area contributed by atoms with E-state index in [4.69, 9.17) is 9.47 Å². The summed E-state index contributed by atoms with van der Waals surface area (Å²) >= 11 is 0. The van der Waals surface area contributed by atoms with Crippen molar-refractivity contribution < 1.29 is 23.9 Å². The SMILES string of the molecule is COC(=O)C(Cc1ccc(OCCN(C(=O)CCC2CCCCC2)c2ccccc2)cc1)Nc1ccccc1C(=O)c1ccccc1. The molecule has 4 aromatic carbocycles. The fraction of sp³-hybridized carbons (Fsp3) is 0.325. The summed E-state index contributed by atoms with van der Waals surface area (Å²) in [5, 5.41) is 3.25. The van der Waals surface area contributed by atoms with Crippen molar-refractivity contribution in [2.75, 3.05) is 30.5 Å². The van der Waals surface area contributed by atoms with E-state index in [9.17, 15) is 14.4 Å². The van der Waals surface area contributed by atoms with E-state index in [-0.39, 0.29) is 11.7 Å². The summed E-state index contributed by atoms with van der Waals surface area (Å²) < 4.78 is 11.2. The number of methoxy groups -OCH3 is 1. The molecule has 47 heavy (non-hydrogen) atoms. The van der Waals surface area contributed by atoms with Gasteiger partial charge in [0.2, 0.25) is 5.91 Å². The number of anilines is 2. The molecule has 1 saturated carbocycles. The average molecular weight is 633 g/mol. The van der Waals surface area contributed by atoms with E-state index < -0.39 is 12.0 Å². The fourth-order valence-corrected chi connectivity index (χ4v) is 6.23. The van der Waals surface area contributed by atoms with Gasteiger partial charge in [-0.25, -0.2) is 4.79 Å². The number of ketones is 1. The number of amides is 1. The molecule has 1 aliphatic carbocycles. The lowest BCUT2D eigenvalue weighted by molar-refractivity contribution is -0.141. The molecule has 1 aliphatic rings. The molecule has 1 N–H and O–H groups in total. The van der Waals surface area contributed by atoms with Gasteiger partial charge < -0.3 is 19.7 Å². The minimum atomic E-state index is -0.712. The minimum Gasteiger partial charge on any atom is -0.492 e. The average Bonchev–Trinajstić information content (AvgIpc) is 3.13. The summed E-state index contributed by atoms with van der Waals surface area (Å²) in [5.74, 6) is 0.907. The summed E-state index contributed by atoms with van der Waals surface area (Å²) in [7, 11) is 1.36. The number of nitrogens with zero attached hydrogens (tertiary/aromatic N) is 1. The lowest BCUT2D eigenvalue weighted by atomic mass is 9.86.